The fourth-order valence-electron chi connectivity index (χ4n) is 1.48. The molecule has 0 aromatic carbocycles. The van der Waals surface area contributed by atoms with E-state index in [2.05, 4.69) is 17.6 Å². The quantitative estimate of drug-likeness (QED) is 0.688. The molecule has 0 radical (unpaired) electrons. The standard InChI is InChI=1S/C10H20N2O2/c1-8(11-3)9(13)12-10(2)4-6-14-7-5-10/h8,11H,4-7H2,1-3H3,(H,12,13). The zero-order valence-corrected chi connectivity index (χ0v) is 9.22. The maximum Gasteiger partial charge on any atom is 0.237 e. The third-order valence-corrected chi connectivity index (χ3v) is 2.85. The van der Waals surface area contributed by atoms with E-state index in [0.29, 0.717) is 0 Å². The molecule has 82 valence electrons. The zero-order chi connectivity index (χ0) is 10.6. The van der Waals surface area contributed by atoms with Gasteiger partial charge in [0.2, 0.25) is 5.91 Å². The number of nitrogens with one attached hydrogen (secondary N) is 2. The van der Waals surface area contributed by atoms with Crippen molar-refractivity contribution in [2.24, 2.45) is 0 Å². The Kier molecular flexibility index (Phi) is 3.89. The summed E-state index contributed by atoms with van der Waals surface area (Å²) in [7, 11) is 1.79. The summed E-state index contributed by atoms with van der Waals surface area (Å²) in [5, 5.41) is 5.99. The first kappa shape index (κ1) is 11.5. The summed E-state index contributed by atoms with van der Waals surface area (Å²) in [6, 6.07) is -0.130. The number of likely N-dealkylation sites (N-methyl/N-ethyl adjacent to an activating group) is 1. The van der Waals surface area contributed by atoms with Gasteiger partial charge in [-0.15, -0.1) is 0 Å². The predicted octanol–water partition coefficient (Wildman–Crippen LogP) is 0.280. The van der Waals surface area contributed by atoms with Gasteiger partial charge < -0.3 is 15.4 Å². The highest BCUT2D eigenvalue weighted by molar-refractivity contribution is 5.81. The first-order valence-corrected chi connectivity index (χ1v) is 5.14. The van der Waals surface area contributed by atoms with Gasteiger partial charge in [0.25, 0.3) is 0 Å². The summed E-state index contributed by atoms with van der Waals surface area (Å²) in [5.41, 5.74) is -0.0829. The van der Waals surface area contributed by atoms with Crippen molar-refractivity contribution in [2.75, 3.05) is 20.3 Å². The van der Waals surface area contributed by atoms with Crippen molar-refractivity contribution in [3.05, 3.63) is 0 Å². The molecule has 1 aliphatic rings. The molecule has 1 heterocycles. The van der Waals surface area contributed by atoms with Crippen LogP contribution in [-0.4, -0.2) is 37.7 Å². The normalized spacial score (nSPS) is 22.8. The lowest BCUT2D eigenvalue weighted by molar-refractivity contribution is -0.125. The average molecular weight is 200 g/mol. The Balaban J connectivity index is 2.44. The van der Waals surface area contributed by atoms with Crippen molar-refractivity contribution in [3.63, 3.8) is 0 Å². The lowest BCUT2D eigenvalue weighted by atomic mass is 9.92. The van der Waals surface area contributed by atoms with Crippen LogP contribution < -0.4 is 10.6 Å². The van der Waals surface area contributed by atoms with Crippen molar-refractivity contribution >= 4 is 5.91 Å². The number of rotatable bonds is 3. The molecule has 0 aromatic rings. The topological polar surface area (TPSA) is 50.4 Å². The number of ether oxygens (including phenoxy) is 1. The van der Waals surface area contributed by atoms with E-state index in [1.54, 1.807) is 7.05 Å². The smallest absolute Gasteiger partial charge is 0.237 e. The van der Waals surface area contributed by atoms with Gasteiger partial charge in [-0.3, -0.25) is 4.79 Å². The minimum atomic E-state index is -0.130. The Bertz CT molecular complexity index is 200. The minimum absolute atomic E-state index is 0.0666. The summed E-state index contributed by atoms with van der Waals surface area (Å²) in [5.74, 6) is 0.0666. The molecule has 4 nitrogen and oxygen atoms in total. The molecule has 1 aliphatic heterocycles. The van der Waals surface area contributed by atoms with Crippen LogP contribution in [0.4, 0.5) is 0 Å². The molecular formula is C10H20N2O2. The largest absolute Gasteiger partial charge is 0.381 e. The van der Waals surface area contributed by atoms with Gasteiger partial charge in [-0.25, -0.2) is 0 Å². The molecule has 1 saturated heterocycles. The molecule has 0 bridgehead atoms. The van der Waals surface area contributed by atoms with Crippen LogP contribution >= 0.6 is 0 Å². The predicted molar refractivity (Wildman–Crippen MR) is 55.1 cm³/mol. The molecule has 0 aromatic heterocycles. The maximum absolute atomic E-state index is 11.6. The highest BCUT2D eigenvalue weighted by Gasteiger charge is 2.29. The Morgan fingerprint density at radius 1 is 1.43 bits per heavy atom. The van der Waals surface area contributed by atoms with Crippen molar-refractivity contribution in [1.29, 1.82) is 0 Å². The van der Waals surface area contributed by atoms with E-state index in [1.807, 2.05) is 6.92 Å². The fraction of sp³-hybridized carbons (Fsp3) is 0.900. The molecule has 0 aliphatic carbocycles. The third kappa shape index (κ3) is 2.96. The van der Waals surface area contributed by atoms with Crippen LogP contribution in [0.25, 0.3) is 0 Å². The van der Waals surface area contributed by atoms with Crippen LogP contribution in [0.3, 0.4) is 0 Å². The highest BCUT2D eigenvalue weighted by atomic mass is 16.5. The van der Waals surface area contributed by atoms with E-state index >= 15 is 0 Å². The summed E-state index contributed by atoms with van der Waals surface area (Å²) in [6.07, 6.45) is 1.80. The van der Waals surface area contributed by atoms with Crippen molar-refractivity contribution in [2.45, 2.75) is 38.3 Å². The number of hydrogen-bond acceptors (Lipinski definition) is 3. The van der Waals surface area contributed by atoms with Gasteiger partial charge in [-0.05, 0) is 33.7 Å². The van der Waals surface area contributed by atoms with Gasteiger partial charge in [-0.2, -0.15) is 0 Å². The Hall–Kier alpha value is -0.610. The molecule has 2 N–H and O–H groups in total. The van der Waals surface area contributed by atoms with E-state index in [0.717, 1.165) is 26.1 Å². The number of amides is 1. The van der Waals surface area contributed by atoms with Gasteiger partial charge in [0.05, 0.1) is 6.04 Å². The second-order valence-corrected chi connectivity index (χ2v) is 4.17. The fourth-order valence-corrected chi connectivity index (χ4v) is 1.48. The van der Waals surface area contributed by atoms with E-state index < -0.39 is 0 Å². The molecule has 1 atom stereocenters. The highest BCUT2D eigenvalue weighted by Crippen LogP contribution is 2.19. The lowest BCUT2D eigenvalue weighted by Crippen LogP contribution is -2.54. The summed E-state index contributed by atoms with van der Waals surface area (Å²) in [4.78, 5) is 11.6. The molecule has 1 fully saturated rings. The number of hydrogen-bond donors (Lipinski definition) is 2. The van der Waals surface area contributed by atoms with Gasteiger partial charge >= 0.3 is 0 Å². The Morgan fingerprint density at radius 2 is 2.00 bits per heavy atom. The summed E-state index contributed by atoms with van der Waals surface area (Å²) >= 11 is 0. The molecular weight excluding hydrogens is 180 g/mol. The Labute approximate surface area is 85.4 Å². The molecule has 1 amide bonds. The van der Waals surface area contributed by atoms with E-state index in [4.69, 9.17) is 4.74 Å². The third-order valence-electron chi connectivity index (χ3n) is 2.85. The van der Waals surface area contributed by atoms with Crippen LogP contribution in [0.15, 0.2) is 0 Å². The van der Waals surface area contributed by atoms with E-state index in [1.165, 1.54) is 0 Å². The average Bonchev–Trinajstić information content (AvgIpc) is 2.17. The maximum atomic E-state index is 11.6. The van der Waals surface area contributed by atoms with E-state index in [-0.39, 0.29) is 17.5 Å². The van der Waals surface area contributed by atoms with Gasteiger partial charge in [-0.1, -0.05) is 0 Å². The van der Waals surface area contributed by atoms with Crippen LogP contribution in [0.1, 0.15) is 26.7 Å². The van der Waals surface area contributed by atoms with Crippen LogP contribution in [0.5, 0.6) is 0 Å². The molecule has 4 heteroatoms. The summed E-state index contributed by atoms with van der Waals surface area (Å²) in [6.45, 7) is 5.42. The first-order valence-electron chi connectivity index (χ1n) is 5.14. The second kappa shape index (κ2) is 4.75. The van der Waals surface area contributed by atoms with Crippen LogP contribution in [0.2, 0.25) is 0 Å². The molecule has 14 heavy (non-hydrogen) atoms. The van der Waals surface area contributed by atoms with Crippen molar-refractivity contribution in [3.8, 4) is 0 Å². The molecule has 0 spiro atoms. The van der Waals surface area contributed by atoms with Gasteiger partial charge in [0, 0.05) is 18.8 Å². The minimum Gasteiger partial charge on any atom is -0.381 e. The number of carbonyl (C=O) groups excluding carboxylic acids is 1. The second-order valence-electron chi connectivity index (χ2n) is 4.17. The van der Waals surface area contributed by atoms with Crippen molar-refractivity contribution in [1.82, 2.24) is 10.6 Å². The van der Waals surface area contributed by atoms with Crippen LogP contribution in [-0.2, 0) is 9.53 Å². The SMILES string of the molecule is CNC(C)C(=O)NC1(C)CCOCC1. The van der Waals surface area contributed by atoms with E-state index in [9.17, 15) is 4.79 Å². The monoisotopic (exact) mass is 200 g/mol. The summed E-state index contributed by atoms with van der Waals surface area (Å²) < 4.78 is 5.27. The van der Waals surface area contributed by atoms with Crippen molar-refractivity contribution < 1.29 is 9.53 Å². The van der Waals surface area contributed by atoms with Crippen LogP contribution in [0, 0.1) is 0 Å². The van der Waals surface area contributed by atoms with Gasteiger partial charge in [0.1, 0.15) is 0 Å². The molecule has 1 unspecified atom stereocenters. The zero-order valence-electron chi connectivity index (χ0n) is 9.22. The van der Waals surface area contributed by atoms with Gasteiger partial charge in [0.15, 0.2) is 0 Å². The Morgan fingerprint density at radius 3 is 2.50 bits per heavy atom. The molecule has 1 rings (SSSR count). The first-order chi connectivity index (χ1) is 6.57. The molecule has 0 saturated carbocycles. The lowest BCUT2D eigenvalue weighted by Gasteiger charge is -2.35. The number of carbonyl (C=O) groups is 1.